The molecular formula is C15H11N3. The van der Waals surface area contributed by atoms with Crippen molar-refractivity contribution in [2.45, 2.75) is 6.42 Å². The standard InChI is InChI=1S/C15H11N3/c16-10-12(9-11-5-1-2-6-11)15-17-13-7-3-4-8-14(13)18-15/h1-5,7-9H,6H2,(H,17,18)/b12-9-. The summed E-state index contributed by atoms with van der Waals surface area (Å²) in [5.74, 6) is 0.631. The predicted molar refractivity (Wildman–Crippen MR) is 71.5 cm³/mol. The van der Waals surface area contributed by atoms with E-state index in [-0.39, 0.29) is 0 Å². The number of allylic oxidation sites excluding steroid dienone is 6. The van der Waals surface area contributed by atoms with Crippen LogP contribution in [-0.4, -0.2) is 9.97 Å². The minimum atomic E-state index is 0.571. The van der Waals surface area contributed by atoms with Crippen molar-refractivity contribution in [3.63, 3.8) is 0 Å². The van der Waals surface area contributed by atoms with Gasteiger partial charge in [-0.25, -0.2) is 4.98 Å². The van der Waals surface area contributed by atoms with Gasteiger partial charge >= 0.3 is 0 Å². The van der Waals surface area contributed by atoms with Crippen molar-refractivity contribution in [2.75, 3.05) is 0 Å². The van der Waals surface area contributed by atoms with E-state index in [4.69, 9.17) is 0 Å². The Bertz CT molecular complexity index is 691. The third-order valence-corrected chi connectivity index (χ3v) is 2.89. The molecule has 0 amide bonds. The molecule has 1 aliphatic carbocycles. The van der Waals surface area contributed by atoms with Crippen molar-refractivity contribution in [1.29, 1.82) is 5.26 Å². The fourth-order valence-electron chi connectivity index (χ4n) is 1.99. The molecule has 1 aromatic carbocycles. The maximum Gasteiger partial charge on any atom is 0.149 e. The monoisotopic (exact) mass is 233 g/mol. The molecule has 1 heterocycles. The average molecular weight is 233 g/mol. The van der Waals surface area contributed by atoms with Gasteiger partial charge in [0.05, 0.1) is 16.6 Å². The van der Waals surface area contributed by atoms with Gasteiger partial charge < -0.3 is 4.98 Å². The van der Waals surface area contributed by atoms with Crippen molar-refractivity contribution in [3.8, 4) is 6.07 Å². The van der Waals surface area contributed by atoms with E-state index >= 15 is 0 Å². The number of hydrogen-bond acceptors (Lipinski definition) is 2. The zero-order chi connectivity index (χ0) is 12.4. The molecule has 0 aliphatic heterocycles. The number of H-pyrrole nitrogens is 1. The molecule has 1 aliphatic rings. The van der Waals surface area contributed by atoms with Crippen molar-refractivity contribution < 1.29 is 0 Å². The molecule has 0 unspecified atom stereocenters. The van der Waals surface area contributed by atoms with E-state index < -0.39 is 0 Å². The van der Waals surface area contributed by atoms with Gasteiger partial charge in [-0.2, -0.15) is 5.26 Å². The number of hydrogen-bond donors (Lipinski definition) is 1. The third kappa shape index (κ3) is 1.85. The SMILES string of the molecule is N#C/C(=C/C1=CC=CC1)c1nc2ccccc2[nH]1. The smallest absolute Gasteiger partial charge is 0.149 e. The number of nitrogens with one attached hydrogen (secondary N) is 1. The first-order chi connectivity index (χ1) is 8.86. The van der Waals surface area contributed by atoms with Crippen LogP contribution in [0.25, 0.3) is 16.6 Å². The fourth-order valence-corrected chi connectivity index (χ4v) is 1.99. The van der Waals surface area contributed by atoms with Crippen LogP contribution in [0.5, 0.6) is 0 Å². The summed E-state index contributed by atoms with van der Waals surface area (Å²) in [4.78, 5) is 7.60. The van der Waals surface area contributed by atoms with Gasteiger partial charge in [0.1, 0.15) is 11.9 Å². The van der Waals surface area contributed by atoms with E-state index in [0.29, 0.717) is 11.4 Å². The quantitative estimate of drug-likeness (QED) is 0.808. The van der Waals surface area contributed by atoms with Crippen LogP contribution in [-0.2, 0) is 0 Å². The highest BCUT2D eigenvalue weighted by atomic mass is 14.9. The van der Waals surface area contributed by atoms with Crippen molar-refractivity contribution in [2.24, 2.45) is 0 Å². The van der Waals surface area contributed by atoms with Crippen molar-refractivity contribution in [3.05, 3.63) is 60.0 Å². The number of benzene rings is 1. The Kier molecular flexibility index (Phi) is 2.54. The Balaban J connectivity index is 2.04. The fraction of sp³-hybridized carbons (Fsp3) is 0.0667. The first-order valence-electron chi connectivity index (χ1n) is 5.79. The second kappa shape index (κ2) is 4.34. The van der Waals surface area contributed by atoms with E-state index in [1.807, 2.05) is 42.5 Å². The van der Waals surface area contributed by atoms with E-state index in [1.165, 1.54) is 0 Å². The Labute approximate surface area is 105 Å². The van der Waals surface area contributed by atoms with Gasteiger partial charge in [-0.15, -0.1) is 0 Å². The van der Waals surface area contributed by atoms with Crippen LogP contribution in [0.3, 0.4) is 0 Å². The molecule has 18 heavy (non-hydrogen) atoms. The Morgan fingerprint density at radius 3 is 3.00 bits per heavy atom. The maximum atomic E-state index is 9.24. The molecule has 3 heteroatoms. The van der Waals surface area contributed by atoms with Crippen LogP contribution in [0.1, 0.15) is 12.2 Å². The minimum Gasteiger partial charge on any atom is -0.337 e. The predicted octanol–water partition coefficient (Wildman–Crippen LogP) is 3.36. The summed E-state index contributed by atoms with van der Waals surface area (Å²) in [6.07, 6.45) is 8.85. The molecule has 0 radical (unpaired) electrons. The molecule has 0 atom stereocenters. The first-order valence-corrected chi connectivity index (χ1v) is 5.79. The Hall–Kier alpha value is -2.60. The van der Waals surface area contributed by atoms with Crippen LogP contribution in [0, 0.1) is 11.3 Å². The molecule has 0 fully saturated rings. The number of nitrogens with zero attached hydrogens (tertiary/aromatic N) is 2. The highest BCUT2D eigenvalue weighted by Crippen LogP contribution is 2.20. The van der Waals surface area contributed by atoms with Gasteiger partial charge in [0, 0.05) is 0 Å². The van der Waals surface area contributed by atoms with Crippen LogP contribution in [0.2, 0.25) is 0 Å². The van der Waals surface area contributed by atoms with Gasteiger partial charge in [-0.3, -0.25) is 0 Å². The largest absolute Gasteiger partial charge is 0.337 e. The van der Waals surface area contributed by atoms with Gasteiger partial charge in [-0.1, -0.05) is 30.4 Å². The molecule has 1 aromatic heterocycles. The lowest BCUT2D eigenvalue weighted by molar-refractivity contribution is 1.26. The van der Waals surface area contributed by atoms with E-state index in [2.05, 4.69) is 22.1 Å². The molecule has 0 bridgehead atoms. The molecule has 3 nitrogen and oxygen atoms in total. The second-order valence-electron chi connectivity index (χ2n) is 4.15. The molecular weight excluding hydrogens is 222 g/mol. The summed E-state index contributed by atoms with van der Waals surface area (Å²) in [6.45, 7) is 0. The van der Waals surface area contributed by atoms with Crippen LogP contribution in [0.4, 0.5) is 0 Å². The number of aromatic nitrogens is 2. The molecule has 3 rings (SSSR count). The number of para-hydroxylation sites is 2. The lowest BCUT2D eigenvalue weighted by Crippen LogP contribution is -1.85. The van der Waals surface area contributed by atoms with Crippen LogP contribution < -0.4 is 0 Å². The molecule has 1 N–H and O–H groups in total. The number of fused-ring (bicyclic) bond motifs is 1. The molecule has 2 aromatic rings. The van der Waals surface area contributed by atoms with Gasteiger partial charge in [0.2, 0.25) is 0 Å². The van der Waals surface area contributed by atoms with Crippen molar-refractivity contribution in [1.82, 2.24) is 9.97 Å². The number of aromatic amines is 1. The summed E-state index contributed by atoms with van der Waals surface area (Å²) in [5.41, 5.74) is 3.53. The normalized spacial score (nSPS) is 14.8. The van der Waals surface area contributed by atoms with E-state index in [9.17, 15) is 5.26 Å². The van der Waals surface area contributed by atoms with Gasteiger partial charge in [-0.05, 0) is 30.2 Å². The zero-order valence-electron chi connectivity index (χ0n) is 9.72. The average Bonchev–Trinajstić information content (AvgIpc) is 3.04. The number of rotatable bonds is 2. The number of imidazole rings is 1. The summed E-state index contributed by atoms with van der Waals surface area (Å²) in [5, 5.41) is 9.24. The number of nitriles is 1. The Morgan fingerprint density at radius 2 is 2.28 bits per heavy atom. The van der Waals surface area contributed by atoms with Gasteiger partial charge in [0.25, 0.3) is 0 Å². The highest BCUT2D eigenvalue weighted by molar-refractivity contribution is 5.83. The van der Waals surface area contributed by atoms with E-state index in [0.717, 1.165) is 23.0 Å². The minimum absolute atomic E-state index is 0.571. The topological polar surface area (TPSA) is 52.5 Å². The van der Waals surface area contributed by atoms with Crippen molar-refractivity contribution >= 4 is 16.6 Å². The van der Waals surface area contributed by atoms with Crippen LogP contribution >= 0.6 is 0 Å². The maximum absolute atomic E-state index is 9.24. The lowest BCUT2D eigenvalue weighted by Gasteiger charge is -1.94. The second-order valence-corrected chi connectivity index (χ2v) is 4.15. The molecule has 0 spiro atoms. The lowest BCUT2D eigenvalue weighted by atomic mass is 10.1. The zero-order valence-corrected chi connectivity index (χ0v) is 9.72. The summed E-state index contributed by atoms with van der Waals surface area (Å²) < 4.78 is 0. The third-order valence-electron chi connectivity index (χ3n) is 2.89. The van der Waals surface area contributed by atoms with E-state index in [1.54, 1.807) is 0 Å². The summed E-state index contributed by atoms with van der Waals surface area (Å²) in [7, 11) is 0. The Morgan fingerprint density at radius 1 is 1.39 bits per heavy atom. The molecule has 0 saturated heterocycles. The van der Waals surface area contributed by atoms with Gasteiger partial charge in [0.15, 0.2) is 0 Å². The van der Waals surface area contributed by atoms with Crippen LogP contribution in [0.15, 0.2) is 54.1 Å². The highest BCUT2D eigenvalue weighted by Gasteiger charge is 2.08. The summed E-state index contributed by atoms with van der Waals surface area (Å²) in [6, 6.07) is 9.98. The molecule has 0 saturated carbocycles. The molecule has 86 valence electrons. The summed E-state index contributed by atoms with van der Waals surface area (Å²) >= 11 is 0. The first kappa shape index (κ1) is 10.5.